The molecule has 1 rings (SSSR count). The Morgan fingerprint density at radius 3 is 2.53 bits per heavy atom. The standard InChI is InChI=1S/C15H24N2O2/c1-4-6-8-13(7-5-2)16-14-9-12(3)10-15(11-14)17(18)19/h9-11,13,16H,4-8H2,1-3H3. The molecule has 0 aliphatic carbocycles. The minimum Gasteiger partial charge on any atom is -0.382 e. The van der Waals surface area contributed by atoms with Gasteiger partial charge in [0.15, 0.2) is 0 Å². The topological polar surface area (TPSA) is 55.2 Å². The molecule has 1 N–H and O–H groups in total. The minimum atomic E-state index is -0.334. The number of benzene rings is 1. The number of nitrogens with one attached hydrogen (secondary N) is 1. The van der Waals surface area contributed by atoms with Crippen molar-refractivity contribution in [2.75, 3.05) is 5.32 Å². The molecule has 1 unspecified atom stereocenters. The highest BCUT2D eigenvalue weighted by Gasteiger charge is 2.11. The van der Waals surface area contributed by atoms with Crippen LogP contribution in [0, 0.1) is 17.0 Å². The number of non-ortho nitro benzene ring substituents is 1. The van der Waals surface area contributed by atoms with E-state index >= 15 is 0 Å². The first kappa shape index (κ1) is 15.5. The second kappa shape index (κ2) is 7.77. The van der Waals surface area contributed by atoms with Gasteiger partial charge in [-0.05, 0) is 31.4 Å². The van der Waals surface area contributed by atoms with Gasteiger partial charge in [0.2, 0.25) is 0 Å². The van der Waals surface area contributed by atoms with E-state index in [1.165, 1.54) is 12.8 Å². The lowest BCUT2D eigenvalue weighted by Gasteiger charge is -2.19. The normalized spacial score (nSPS) is 12.2. The molecule has 0 heterocycles. The van der Waals surface area contributed by atoms with Crippen LogP contribution in [-0.2, 0) is 0 Å². The first-order chi connectivity index (χ1) is 9.06. The van der Waals surface area contributed by atoms with E-state index in [1.54, 1.807) is 12.1 Å². The Kier molecular flexibility index (Phi) is 6.33. The Bertz CT molecular complexity index is 419. The van der Waals surface area contributed by atoms with Crippen molar-refractivity contribution < 1.29 is 4.92 Å². The van der Waals surface area contributed by atoms with E-state index in [1.807, 2.05) is 13.0 Å². The van der Waals surface area contributed by atoms with Crippen LogP contribution in [-0.4, -0.2) is 11.0 Å². The van der Waals surface area contributed by atoms with Gasteiger partial charge in [0.05, 0.1) is 4.92 Å². The van der Waals surface area contributed by atoms with Crippen molar-refractivity contribution in [3.05, 3.63) is 33.9 Å². The van der Waals surface area contributed by atoms with E-state index in [0.717, 1.165) is 30.5 Å². The van der Waals surface area contributed by atoms with E-state index in [2.05, 4.69) is 19.2 Å². The summed E-state index contributed by atoms with van der Waals surface area (Å²) < 4.78 is 0. The number of nitro groups is 1. The molecule has 106 valence electrons. The summed E-state index contributed by atoms with van der Waals surface area (Å²) in [7, 11) is 0. The fourth-order valence-corrected chi connectivity index (χ4v) is 2.27. The number of rotatable bonds is 8. The molecule has 0 bridgehead atoms. The van der Waals surface area contributed by atoms with E-state index in [4.69, 9.17) is 0 Å². The molecule has 1 aromatic carbocycles. The SMILES string of the molecule is CCCCC(CCC)Nc1cc(C)cc([N+](=O)[O-])c1. The van der Waals surface area contributed by atoms with Gasteiger partial charge < -0.3 is 5.32 Å². The second-order valence-corrected chi connectivity index (χ2v) is 5.09. The van der Waals surface area contributed by atoms with Crippen molar-refractivity contribution >= 4 is 11.4 Å². The lowest BCUT2D eigenvalue weighted by atomic mass is 10.0. The highest BCUT2D eigenvalue weighted by molar-refractivity contribution is 5.54. The third kappa shape index (κ3) is 5.28. The molecule has 0 spiro atoms. The van der Waals surface area contributed by atoms with Crippen LogP contribution in [0.3, 0.4) is 0 Å². The van der Waals surface area contributed by atoms with Crippen LogP contribution in [0.4, 0.5) is 11.4 Å². The fourth-order valence-electron chi connectivity index (χ4n) is 2.27. The summed E-state index contributed by atoms with van der Waals surface area (Å²) in [6.07, 6.45) is 5.70. The molecule has 0 aromatic heterocycles. The number of hydrogen-bond acceptors (Lipinski definition) is 3. The molecular weight excluding hydrogens is 240 g/mol. The van der Waals surface area contributed by atoms with E-state index in [-0.39, 0.29) is 10.6 Å². The van der Waals surface area contributed by atoms with Crippen LogP contribution in [0.5, 0.6) is 0 Å². The first-order valence-corrected chi connectivity index (χ1v) is 7.09. The van der Waals surface area contributed by atoms with Crippen LogP contribution in [0.15, 0.2) is 18.2 Å². The van der Waals surface area contributed by atoms with Gasteiger partial charge in [0.25, 0.3) is 5.69 Å². The van der Waals surface area contributed by atoms with Crippen LogP contribution < -0.4 is 5.32 Å². The summed E-state index contributed by atoms with van der Waals surface area (Å²) in [5.74, 6) is 0. The Balaban J connectivity index is 2.79. The van der Waals surface area contributed by atoms with E-state index in [0.29, 0.717) is 6.04 Å². The van der Waals surface area contributed by atoms with Crippen molar-refractivity contribution in [3.63, 3.8) is 0 Å². The Morgan fingerprint density at radius 1 is 1.21 bits per heavy atom. The third-order valence-corrected chi connectivity index (χ3v) is 3.19. The van der Waals surface area contributed by atoms with Gasteiger partial charge in [-0.3, -0.25) is 10.1 Å². The Labute approximate surface area is 115 Å². The quantitative estimate of drug-likeness (QED) is 0.548. The number of anilines is 1. The maximum absolute atomic E-state index is 10.9. The van der Waals surface area contributed by atoms with Crippen LogP contribution in [0.1, 0.15) is 51.5 Å². The number of aryl methyl sites for hydroxylation is 1. The predicted molar refractivity (Wildman–Crippen MR) is 79.7 cm³/mol. The average molecular weight is 264 g/mol. The summed E-state index contributed by atoms with van der Waals surface area (Å²) in [5.41, 5.74) is 1.94. The largest absolute Gasteiger partial charge is 0.382 e. The average Bonchev–Trinajstić information content (AvgIpc) is 2.35. The molecule has 0 aliphatic rings. The maximum atomic E-state index is 10.9. The number of unbranched alkanes of at least 4 members (excludes halogenated alkanes) is 1. The fraction of sp³-hybridized carbons (Fsp3) is 0.600. The summed E-state index contributed by atoms with van der Waals surface area (Å²) in [6.45, 7) is 6.24. The molecular formula is C15H24N2O2. The molecule has 0 amide bonds. The van der Waals surface area contributed by atoms with Gasteiger partial charge in [0, 0.05) is 23.9 Å². The van der Waals surface area contributed by atoms with Gasteiger partial charge in [-0.2, -0.15) is 0 Å². The summed E-state index contributed by atoms with van der Waals surface area (Å²) in [4.78, 5) is 10.5. The van der Waals surface area contributed by atoms with Crippen LogP contribution >= 0.6 is 0 Å². The monoisotopic (exact) mass is 264 g/mol. The molecule has 4 heteroatoms. The van der Waals surface area contributed by atoms with Crippen molar-refractivity contribution in [1.29, 1.82) is 0 Å². The van der Waals surface area contributed by atoms with E-state index < -0.39 is 0 Å². The molecule has 0 fully saturated rings. The van der Waals surface area contributed by atoms with Gasteiger partial charge in [-0.15, -0.1) is 0 Å². The molecule has 0 saturated heterocycles. The van der Waals surface area contributed by atoms with Gasteiger partial charge in [-0.25, -0.2) is 0 Å². The third-order valence-electron chi connectivity index (χ3n) is 3.19. The molecule has 19 heavy (non-hydrogen) atoms. The molecule has 0 aliphatic heterocycles. The van der Waals surface area contributed by atoms with Crippen molar-refractivity contribution in [2.45, 2.75) is 58.9 Å². The first-order valence-electron chi connectivity index (χ1n) is 7.09. The summed E-state index contributed by atoms with van der Waals surface area (Å²) in [6, 6.07) is 5.61. The molecule has 4 nitrogen and oxygen atoms in total. The molecule has 1 atom stereocenters. The highest BCUT2D eigenvalue weighted by atomic mass is 16.6. The maximum Gasteiger partial charge on any atom is 0.271 e. The summed E-state index contributed by atoms with van der Waals surface area (Å²) >= 11 is 0. The predicted octanol–water partition coefficient (Wildman–Crippen LogP) is 4.67. The lowest BCUT2D eigenvalue weighted by molar-refractivity contribution is -0.384. The van der Waals surface area contributed by atoms with Gasteiger partial charge in [-0.1, -0.05) is 33.1 Å². The molecule has 0 saturated carbocycles. The zero-order chi connectivity index (χ0) is 14.3. The Morgan fingerprint density at radius 2 is 1.95 bits per heavy atom. The van der Waals surface area contributed by atoms with Crippen molar-refractivity contribution in [2.24, 2.45) is 0 Å². The zero-order valence-corrected chi connectivity index (χ0v) is 12.1. The minimum absolute atomic E-state index is 0.160. The lowest BCUT2D eigenvalue weighted by Crippen LogP contribution is -2.19. The molecule has 1 aromatic rings. The van der Waals surface area contributed by atoms with Gasteiger partial charge in [0.1, 0.15) is 0 Å². The second-order valence-electron chi connectivity index (χ2n) is 5.09. The number of nitrogens with zero attached hydrogens (tertiary/aromatic N) is 1. The van der Waals surface area contributed by atoms with Crippen molar-refractivity contribution in [1.82, 2.24) is 0 Å². The van der Waals surface area contributed by atoms with Gasteiger partial charge >= 0.3 is 0 Å². The highest BCUT2D eigenvalue weighted by Crippen LogP contribution is 2.22. The smallest absolute Gasteiger partial charge is 0.271 e. The number of nitro benzene ring substituents is 1. The molecule has 0 radical (unpaired) electrons. The van der Waals surface area contributed by atoms with E-state index in [9.17, 15) is 10.1 Å². The van der Waals surface area contributed by atoms with Crippen LogP contribution in [0.2, 0.25) is 0 Å². The number of hydrogen-bond donors (Lipinski definition) is 1. The summed E-state index contributed by atoms with van der Waals surface area (Å²) in [5, 5.41) is 14.3. The Hall–Kier alpha value is -1.58. The van der Waals surface area contributed by atoms with Crippen molar-refractivity contribution in [3.8, 4) is 0 Å². The van der Waals surface area contributed by atoms with Crippen LogP contribution in [0.25, 0.3) is 0 Å². The zero-order valence-electron chi connectivity index (χ0n) is 12.1.